The number of methoxy groups -OCH3 is 1. The highest BCUT2D eigenvalue weighted by atomic mass is 32.2. The van der Waals surface area contributed by atoms with E-state index in [0.717, 1.165) is 41.8 Å². The number of hydrogen-bond acceptors (Lipinski definition) is 7. The first-order chi connectivity index (χ1) is 12.3. The molecule has 3 rings (SSSR count). The van der Waals surface area contributed by atoms with Crippen molar-refractivity contribution < 1.29 is 22.9 Å². The molecule has 0 saturated heterocycles. The molecule has 0 aliphatic heterocycles. The van der Waals surface area contributed by atoms with Crippen LogP contribution in [0.5, 0.6) is 5.75 Å². The van der Waals surface area contributed by atoms with Gasteiger partial charge in [-0.15, -0.1) is 16.2 Å². The van der Waals surface area contributed by atoms with Crippen molar-refractivity contribution in [3.05, 3.63) is 49.7 Å². The monoisotopic (exact) mass is 397 g/mol. The number of carbonyl (C=O) groups is 1. The van der Waals surface area contributed by atoms with Gasteiger partial charge in [0.1, 0.15) is 5.75 Å². The highest BCUT2D eigenvalue weighted by molar-refractivity contribution is 7.89. The molecule has 1 aromatic carbocycles. The lowest BCUT2D eigenvalue weighted by atomic mass is 10.2. The number of hydrazine groups is 1. The Balaban J connectivity index is 1.78. The van der Waals surface area contributed by atoms with Crippen molar-refractivity contribution in [3.63, 3.8) is 0 Å². The fraction of sp³-hybridized carbons (Fsp3) is 0.267. The van der Waals surface area contributed by atoms with Crippen LogP contribution >= 0.6 is 11.3 Å². The maximum absolute atomic E-state index is 12.4. The van der Waals surface area contributed by atoms with Crippen LogP contribution in [0.15, 0.2) is 29.2 Å². The molecule has 0 fully saturated rings. The van der Waals surface area contributed by atoms with Gasteiger partial charge in [-0.1, -0.05) is 0 Å². The lowest BCUT2D eigenvalue weighted by Crippen LogP contribution is -2.41. The molecule has 0 spiro atoms. The molecule has 2 aromatic rings. The Hall–Kier alpha value is -2.50. The van der Waals surface area contributed by atoms with Crippen LogP contribution in [0.1, 0.15) is 26.5 Å². The summed E-state index contributed by atoms with van der Waals surface area (Å²) in [6.07, 6.45) is 2.87. The molecular formula is C15H15N3O6S2. The zero-order valence-corrected chi connectivity index (χ0v) is 15.3. The number of nitrogens with zero attached hydrogens (tertiary/aromatic N) is 1. The summed E-state index contributed by atoms with van der Waals surface area (Å²) in [5.41, 5.74) is 2.55. The fourth-order valence-electron chi connectivity index (χ4n) is 2.67. The Morgan fingerprint density at radius 3 is 2.73 bits per heavy atom. The molecule has 1 aliphatic rings. The number of sulfonamides is 1. The van der Waals surface area contributed by atoms with Crippen LogP contribution in [0.2, 0.25) is 0 Å². The minimum absolute atomic E-state index is 0.146. The summed E-state index contributed by atoms with van der Waals surface area (Å²) < 4.78 is 29.6. The maximum atomic E-state index is 12.4. The van der Waals surface area contributed by atoms with E-state index < -0.39 is 31.4 Å². The number of nitro benzene ring substituents is 1. The molecule has 9 nitrogen and oxygen atoms in total. The van der Waals surface area contributed by atoms with Gasteiger partial charge in [-0.05, 0) is 43.0 Å². The summed E-state index contributed by atoms with van der Waals surface area (Å²) >= 11 is 1.32. The number of fused-ring (bicyclic) bond motifs is 1. The topological polar surface area (TPSA) is 128 Å². The van der Waals surface area contributed by atoms with E-state index in [9.17, 15) is 23.3 Å². The van der Waals surface area contributed by atoms with E-state index in [4.69, 9.17) is 4.74 Å². The lowest BCUT2D eigenvalue weighted by molar-refractivity contribution is -0.387. The van der Waals surface area contributed by atoms with Crippen molar-refractivity contribution in [2.75, 3.05) is 7.11 Å². The van der Waals surface area contributed by atoms with Crippen molar-refractivity contribution in [3.8, 4) is 5.75 Å². The number of nitro groups is 1. The van der Waals surface area contributed by atoms with E-state index in [1.54, 1.807) is 6.07 Å². The second-order valence-corrected chi connectivity index (χ2v) is 8.35. The summed E-state index contributed by atoms with van der Waals surface area (Å²) in [4.78, 5) is 25.3. The Morgan fingerprint density at radius 1 is 1.31 bits per heavy atom. The molecule has 2 N–H and O–H groups in total. The lowest BCUT2D eigenvalue weighted by Gasteiger charge is -2.09. The predicted octanol–water partition coefficient (Wildman–Crippen LogP) is 1.78. The predicted molar refractivity (Wildman–Crippen MR) is 93.8 cm³/mol. The van der Waals surface area contributed by atoms with Gasteiger partial charge in [0.25, 0.3) is 21.6 Å². The number of hydrogen-bond donors (Lipinski definition) is 2. The number of rotatable bonds is 6. The third-order valence-electron chi connectivity index (χ3n) is 3.92. The average molecular weight is 397 g/mol. The molecule has 0 saturated carbocycles. The third-order valence-corrected chi connectivity index (χ3v) is 6.45. The molecule has 26 heavy (non-hydrogen) atoms. The van der Waals surface area contributed by atoms with Gasteiger partial charge in [-0.25, -0.2) is 8.42 Å². The van der Waals surface area contributed by atoms with E-state index in [-0.39, 0.29) is 5.75 Å². The van der Waals surface area contributed by atoms with Crippen LogP contribution in [0, 0.1) is 10.1 Å². The van der Waals surface area contributed by atoms with E-state index in [0.29, 0.717) is 4.88 Å². The molecule has 0 radical (unpaired) electrons. The SMILES string of the molecule is COc1ccc(S(=O)(=O)NNC(=O)c2cc3c(s2)CCC3)c([N+](=O)[O-])c1. The number of benzene rings is 1. The van der Waals surface area contributed by atoms with Crippen LogP contribution in [0.3, 0.4) is 0 Å². The van der Waals surface area contributed by atoms with Crippen LogP contribution in [-0.2, 0) is 22.9 Å². The van der Waals surface area contributed by atoms with E-state index >= 15 is 0 Å². The first-order valence-corrected chi connectivity index (χ1v) is 9.88. The van der Waals surface area contributed by atoms with Crippen LogP contribution in [0.25, 0.3) is 0 Å². The number of ether oxygens (including phenoxy) is 1. The highest BCUT2D eigenvalue weighted by Gasteiger charge is 2.27. The molecule has 1 aromatic heterocycles. The van der Waals surface area contributed by atoms with E-state index in [1.807, 2.05) is 4.83 Å². The minimum Gasteiger partial charge on any atom is -0.497 e. The summed E-state index contributed by atoms with van der Waals surface area (Å²) in [6.45, 7) is 0. The average Bonchev–Trinajstić information content (AvgIpc) is 3.21. The largest absolute Gasteiger partial charge is 0.497 e. The summed E-state index contributed by atoms with van der Waals surface area (Å²) in [5, 5.41) is 11.1. The van der Waals surface area contributed by atoms with Gasteiger partial charge in [0.15, 0.2) is 4.90 Å². The number of carbonyl (C=O) groups excluding carboxylic acids is 1. The second kappa shape index (κ2) is 7.02. The Labute approximate surface area is 153 Å². The van der Waals surface area contributed by atoms with Crippen molar-refractivity contribution >= 4 is 33.0 Å². The first-order valence-electron chi connectivity index (χ1n) is 7.58. The quantitative estimate of drug-likeness (QED) is 0.565. The highest BCUT2D eigenvalue weighted by Crippen LogP contribution is 2.31. The maximum Gasteiger partial charge on any atom is 0.293 e. The number of amides is 1. The van der Waals surface area contributed by atoms with Crippen molar-refractivity contribution in [2.45, 2.75) is 24.2 Å². The molecule has 1 amide bonds. The first kappa shape index (κ1) is 18.3. The normalized spacial score (nSPS) is 13.3. The van der Waals surface area contributed by atoms with Gasteiger partial charge < -0.3 is 4.74 Å². The van der Waals surface area contributed by atoms with Gasteiger partial charge in [0.2, 0.25) is 0 Å². The third kappa shape index (κ3) is 3.54. The molecular weight excluding hydrogens is 382 g/mol. The van der Waals surface area contributed by atoms with Gasteiger partial charge in [-0.3, -0.25) is 20.3 Å². The van der Waals surface area contributed by atoms with Gasteiger partial charge in [0.05, 0.1) is 23.0 Å². The summed E-state index contributed by atoms with van der Waals surface area (Å²) in [7, 11) is -3.02. The Kier molecular flexibility index (Phi) is 4.94. The van der Waals surface area contributed by atoms with E-state index in [1.165, 1.54) is 24.5 Å². The zero-order chi connectivity index (χ0) is 18.9. The van der Waals surface area contributed by atoms with E-state index in [2.05, 4.69) is 5.43 Å². The van der Waals surface area contributed by atoms with Crippen LogP contribution in [0.4, 0.5) is 5.69 Å². The molecule has 1 aliphatic carbocycles. The van der Waals surface area contributed by atoms with Crippen molar-refractivity contribution in [1.82, 2.24) is 10.3 Å². The molecule has 1 heterocycles. The van der Waals surface area contributed by atoms with Crippen LogP contribution < -0.4 is 15.0 Å². The number of thiophene rings is 1. The van der Waals surface area contributed by atoms with Gasteiger partial charge in [-0.2, -0.15) is 0 Å². The molecule has 0 atom stereocenters. The molecule has 11 heteroatoms. The van der Waals surface area contributed by atoms with Gasteiger partial charge >= 0.3 is 0 Å². The standard InChI is InChI=1S/C15H15N3O6S2/c1-24-10-5-6-14(11(8-10)18(20)21)26(22,23)17-16-15(19)13-7-9-3-2-4-12(9)25-13/h5-8,17H,2-4H2,1H3,(H,16,19). The number of aryl methyl sites for hydroxylation is 2. The van der Waals surface area contributed by atoms with Crippen LogP contribution in [-0.4, -0.2) is 26.4 Å². The van der Waals surface area contributed by atoms with Crippen molar-refractivity contribution in [2.24, 2.45) is 0 Å². The smallest absolute Gasteiger partial charge is 0.293 e. The zero-order valence-electron chi connectivity index (χ0n) is 13.6. The minimum atomic E-state index is -4.33. The Morgan fingerprint density at radius 2 is 2.08 bits per heavy atom. The molecule has 138 valence electrons. The van der Waals surface area contributed by atoms with Crippen molar-refractivity contribution in [1.29, 1.82) is 0 Å². The Bertz CT molecular complexity index is 962. The summed E-state index contributed by atoms with van der Waals surface area (Å²) in [6, 6.07) is 5.07. The summed E-state index contributed by atoms with van der Waals surface area (Å²) in [5.74, 6) is -0.461. The second-order valence-electron chi connectivity index (χ2n) is 5.56. The molecule has 0 unspecified atom stereocenters. The molecule has 0 bridgehead atoms. The van der Waals surface area contributed by atoms with Gasteiger partial charge in [0, 0.05) is 4.88 Å². The fourth-order valence-corrected chi connectivity index (χ4v) is 4.81. The number of nitrogens with one attached hydrogen (secondary N) is 2.